The summed E-state index contributed by atoms with van der Waals surface area (Å²) in [5.41, 5.74) is 2.43. The van der Waals surface area contributed by atoms with Crippen LogP contribution in [0.25, 0.3) is 0 Å². The van der Waals surface area contributed by atoms with Gasteiger partial charge in [0.1, 0.15) is 5.78 Å². The number of aryl methyl sites for hydroxylation is 1. The fourth-order valence-electron chi connectivity index (χ4n) is 1.17. The van der Waals surface area contributed by atoms with E-state index in [1.807, 2.05) is 12.1 Å². The third kappa shape index (κ3) is 3.99. The number of aliphatic imine (C=N–C) groups is 1. The van der Waals surface area contributed by atoms with Crippen molar-refractivity contribution < 1.29 is 4.79 Å². The molecule has 0 saturated heterocycles. The zero-order valence-corrected chi connectivity index (χ0v) is 8.66. The highest BCUT2D eigenvalue weighted by atomic mass is 16.1. The summed E-state index contributed by atoms with van der Waals surface area (Å²) in [4.78, 5) is 14.8. The standard InChI is InChI=1S/C12H15NO/c1-10-4-3-5-12(8-10)9-13-7-6-11(2)14/h3-5,7-8H,6,9H2,1-2H3. The van der Waals surface area contributed by atoms with Crippen LogP contribution in [0.5, 0.6) is 0 Å². The number of ketones is 1. The Morgan fingerprint density at radius 2 is 2.29 bits per heavy atom. The van der Waals surface area contributed by atoms with E-state index in [1.54, 1.807) is 13.1 Å². The lowest BCUT2D eigenvalue weighted by atomic mass is 10.1. The van der Waals surface area contributed by atoms with Crippen LogP contribution in [0.2, 0.25) is 0 Å². The van der Waals surface area contributed by atoms with Gasteiger partial charge in [-0.05, 0) is 19.4 Å². The van der Waals surface area contributed by atoms with Crippen LogP contribution in [0, 0.1) is 6.92 Å². The summed E-state index contributed by atoms with van der Waals surface area (Å²) in [7, 11) is 0. The minimum atomic E-state index is 0.151. The maximum Gasteiger partial charge on any atom is 0.135 e. The molecule has 0 atom stereocenters. The van der Waals surface area contributed by atoms with Gasteiger partial charge in [-0.25, -0.2) is 0 Å². The molecule has 0 saturated carbocycles. The fourth-order valence-corrected chi connectivity index (χ4v) is 1.17. The second-order valence-electron chi connectivity index (χ2n) is 3.42. The summed E-state index contributed by atoms with van der Waals surface area (Å²) in [5.74, 6) is 0.151. The number of hydrogen-bond donors (Lipinski definition) is 0. The lowest BCUT2D eigenvalue weighted by Gasteiger charge is -1.97. The van der Waals surface area contributed by atoms with Crippen molar-refractivity contribution in [3.63, 3.8) is 0 Å². The van der Waals surface area contributed by atoms with E-state index in [0.717, 1.165) is 0 Å². The lowest BCUT2D eigenvalue weighted by Crippen LogP contribution is -1.90. The van der Waals surface area contributed by atoms with Crippen molar-refractivity contribution >= 4 is 12.0 Å². The summed E-state index contributed by atoms with van der Waals surface area (Å²) >= 11 is 0. The van der Waals surface area contributed by atoms with Crippen molar-refractivity contribution in [3.05, 3.63) is 35.4 Å². The predicted octanol–water partition coefficient (Wildman–Crippen LogP) is 2.54. The molecule has 0 heterocycles. The Morgan fingerprint density at radius 1 is 1.50 bits per heavy atom. The minimum absolute atomic E-state index is 0.151. The van der Waals surface area contributed by atoms with E-state index in [4.69, 9.17) is 0 Å². The molecule has 0 radical (unpaired) electrons. The summed E-state index contributed by atoms with van der Waals surface area (Å²) in [6.07, 6.45) is 2.12. The van der Waals surface area contributed by atoms with Gasteiger partial charge in [-0.2, -0.15) is 0 Å². The predicted molar refractivity (Wildman–Crippen MR) is 58.7 cm³/mol. The van der Waals surface area contributed by atoms with Gasteiger partial charge in [0.2, 0.25) is 0 Å². The van der Waals surface area contributed by atoms with E-state index < -0.39 is 0 Å². The largest absolute Gasteiger partial charge is 0.300 e. The Kier molecular flexibility index (Phi) is 4.05. The van der Waals surface area contributed by atoms with Crippen LogP contribution in [-0.4, -0.2) is 12.0 Å². The molecule has 0 N–H and O–H groups in total. The molecule has 14 heavy (non-hydrogen) atoms. The van der Waals surface area contributed by atoms with Crippen LogP contribution in [0.15, 0.2) is 29.3 Å². The first kappa shape index (κ1) is 10.6. The molecule has 1 rings (SSSR count). The Balaban J connectivity index is 2.45. The van der Waals surface area contributed by atoms with Crippen molar-refractivity contribution in [3.8, 4) is 0 Å². The molecule has 1 aromatic carbocycles. The van der Waals surface area contributed by atoms with Gasteiger partial charge in [-0.1, -0.05) is 29.8 Å². The van der Waals surface area contributed by atoms with E-state index in [1.165, 1.54) is 11.1 Å². The first-order valence-electron chi connectivity index (χ1n) is 4.72. The summed E-state index contributed by atoms with van der Waals surface area (Å²) in [5, 5.41) is 0. The monoisotopic (exact) mass is 189 g/mol. The van der Waals surface area contributed by atoms with Gasteiger partial charge in [0.15, 0.2) is 0 Å². The van der Waals surface area contributed by atoms with Crippen LogP contribution in [0.4, 0.5) is 0 Å². The Hall–Kier alpha value is -1.44. The van der Waals surface area contributed by atoms with Crippen molar-refractivity contribution in [2.24, 2.45) is 4.99 Å². The third-order valence-corrected chi connectivity index (χ3v) is 1.86. The number of carbonyl (C=O) groups is 1. The second kappa shape index (κ2) is 5.32. The first-order valence-corrected chi connectivity index (χ1v) is 4.72. The van der Waals surface area contributed by atoms with Crippen molar-refractivity contribution in [1.82, 2.24) is 0 Å². The molecule has 0 aliphatic carbocycles. The molecule has 2 heteroatoms. The Morgan fingerprint density at radius 3 is 2.93 bits per heavy atom. The maximum atomic E-state index is 10.6. The van der Waals surface area contributed by atoms with Gasteiger partial charge >= 0.3 is 0 Å². The summed E-state index contributed by atoms with van der Waals surface area (Å²) < 4.78 is 0. The zero-order chi connectivity index (χ0) is 10.4. The molecule has 74 valence electrons. The van der Waals surface area contributed by atoms with E-state index in [2.05, 4.69) is 24.0 Å². The highest BCUT2D eigenvalue weighted by Gasteiger charge is 1.90. The van der Waals surface area contributed by atoms with Gasteiger partial charge in [0.25, 0.3) is 0 Å². The molecule has 2 nitrogen and oxygen atoms in total. The van der Waals surface area contributed by atoms with E-state index in [0.29, 0.717) is 13.0 Å². The number of rotatable bonds is 4. The third-order valence-electron chi connectivity index (χ3n) is 1.86. The number of nitrogens with zero attached hydrogens (tertiary/aromatic N) is 1. The molecule has 0 aromatic heterocycles. The molecule has 0 fully saturated rings. The highest BCUT2D eigenvalue weighted by Crippen LogP contribution is 2.04. The normalized spacial score (nSPS) is 10.7. The van der Waals surface area contributed by atoms with E-state index in [-0.39, 0.29) is 5.78 Å². The second-order valence-corrected chi connectivity index (χ2v) is 3.42. The number of hydrogen-bond acceptors (Lipinski definition) is 2. The van der Waals surface area contributed by atoms with E-state index in [9.17, 15) is 4.79 Å². The molecule has 0 aliphatic rings. The minimum Gasteiger partial charge on any atom is -0.300 e. The molecule has 0 spiro atoms. The van der Waals surface area contributed by atoms with Crippen LogP contribution in [0.3, 0.4) is 0 Å². The van der Waals surface area contributed by atoms with Crippen LogP contribution in [0.1, 0.15) is 24.5 Å². The smallest absolute Gasteiger partial charge is 0.135 e. The molecule has 0 amide bonds. The Bertz CT molecular complexity index is 342. The number of Topliss-reactive ketones (excluding diaryl/α,β-unsaturated/α-hetero) is 1. The van der Waals surface area contributed by atoms with Gasteiger partial charge in [-0.15, -0.1) is 0 Å². The van der Waals surface area contributed by atoms with Gasteiger partial charge in [0.05, 0.1) is 6.54 Å². The van der Waals surface area contributed by atoms with Crippen molar-refractivity contribution in [2.75, 3.05) is 0 Å². The molecule has 0 aliphatic heterocycles. The van der Waals surface area contributed by atoms with Crippen LogP contribution >= 0.6 is 0 Å². The van der Waals surface area contributed by atoms with E-state index >= 15 is 0 Å². The number of carbonyl (C=O) groups excluding carboxylic acids is 1. The topological polar surface area (TPSA) is 29.4 Å². The first-order chi connectivity index (χ1) is 6.68. The van der Waals surface area contributed by atoms with Crippen molar-refractivity contribution in [2.45, 2.75) is 26.8 Å². The molecule has 1 aromatic rings. The quantitative estimate of drug-likeness (QED) is 0.669. The molecular weight excluding hydrogens is 174 g/mol. The summed E-state index contributed by atoms with van der Waals surface area (Å²) in [6.45, 7) is 4.29. The van der Waals surface area contributed by atoms with Crippen LogP contribution < -0.4 is 0 Å². The maximum absolute atomic E-state index is 10.6. The van der Waals surface area contributed by atoms with Crippen molar-refractivity contribution in [1.29, 1.82) is 0 Å². The molecule has 0 bridgehead atoms. The zero-order valence-electron chi connectivity index (χ0n) is 8.66. The molecular formula is C12H15NO. The lowest BCUT2D eigenvalue weighted by molar-refractivity contribution is -0.115. The average Bonchev–Trinajstić information content (AvgIpc) is 2.12. The Labute approximate surface area is 84.7 Å². The average molecular weight is 189 g/mol. The number of benzene rings is 1. The molecule has 0 unspecified atom stereocenters. The fraction of sp³-hybridized carbons (Fsp3) is 0.333. The van der Waals surface area contributed by atoms with Crippen LogP contribution in [-0.2, 0) is 11.3 Å². The van der Waals surface area contributed by atoms with Gasteiger partial charge in [-0.3, -0.25) is 9.79 Å². The summed E-state index contributed by atoms with van der Waals surface area (Å²) in [6, 6.07) is 8.22. The SMILES string of the molecule is CC(=O)CC=NCc1cccc(C)c1. The van der Waals surface area contributed by atoms with Gasteiger partial charge < -0.3 is 0 Å². The highest BCUT2D eigenvalue weighted by molar-refractivity contribution is 5.89. The van der Waals surface area contributed by atoms with Gasteiger partial charge in [0, 0.05) is 12.6 Å².